The van der Waals surface area contributed by atoms with Crippen molar-refractivity contribution in [1.29, 1.82) is 0 Å². The molecule has 1 unspecified atom stereocenters. The second-order valence-electron chi connectivity index (χ2n) is 4.57. The van der Waals surface area contributed by atoms with Gasteiger partial charge in [0, 0.05) is 11.6 Å². The molecule has 0 fully saturated rings. The fourth-order valence-corrected chi connectivity index (χ4v) is 2.26. The van der Waals surface area contributed by atoms with Gasteiger partial charge < -0.3 is 5.73 Å². The van der Waals surface area contributed by atoms with Crippen LogP contribution in [0.15, 0.2) is 54.7 Å². The van der Waals surface area contributed by atoms with Crippen molar-refractivity contribution >= 4 is 10.9 Å². The number of hydrogen-bond donors (Lipinski definition) is 1. The van der Waals surface area contributed by atoms with Gasteiger partial charge in [0.05, 0.1) is 11.6 Å². The summed E-state index contributed by atoms with van der Waals surface area (Å²) in [6, 6.07) is 12.6. The van der Waals surface area contributed by atoms with Crippen LogP contribution in [0.2, 0.25) is 0 Å². The molecule has 0 aliphatic carbocycles. The van der Waals surface area contributed by atoms with Crippen molar-refractivity contribution in [2.75, 3.05) is 0 Å². The molecule has 2 nitrogen and oxygen atoms in total. The molecular formula is C16H12F2N2. The lowest BCUT2D eigenvalue weighted by atomic mass is 9.97. The maximum absolute atomic E-state index is 13.3. The van der Waals surface area contributed by atoms with E-state index in [1.807, 2.05) is 30.3 Å². The first kappa shape index (κ1) is 12.7. The van der Waals surface area contributed by atoms with Crippen LogP contribution in [0.25, 0.3) is 10.9 Å². The van der Waals surface area contributed by atoms with E-state index in [0.29, 0.717) is 5.56 Å². The Kier molecular flexibility index (Phi) is 3.16. The minimum absolute atomic E-state index is 0.516. The lowest BCUT2D eigenvalue weighted by Crippen LogP contribution is -2.13. The Bertz CT molecular complexity index is 766. The molecule has 3 rings (SSSR count). The first-order valence-electron chi connectivity index (χ1n) is 6.21. The molecular weight excluding hydrogens is 258 g/mol. The van der Waals surface area contributed by atoms with Crippen molar-refractivity contribution in [3.8, 4) is 0 Å². The van der Waals surface area contributed by atoms with Crippen LogP contribution in [0.4, 0.5) is 8.78 Å². The van der Waals surface area contributed by atoms with Crippen molar-refractivity contribution in [2.24, 2.45) is 5.73 Å². The van der Waals surface area contributed by atoms with Gasteiger partial charge >= 0.3 is 0 Å². The van der Waals surface area contributed by atoms with Gasteiger partial charge in [0.15, 0.2) is 11.6 Å². The summed E-state index contributed by atoms with van der Waals surface area (Å²) in [5, 5.41) is 0.961. The van der Waals surface area contributed by atoms with Crippen molar-refractivity contribution in [3.05, 3.63) is 77.5 Å². The monoisotopic (exact) mass is 270 g/mol. The van der Waals surface area contributed by atoms with Gasteiger partial charge in [0.25, 0.3) is 0 Å². The lowest BCUT2D eigenvalue weighted by Gasteiger charge is -2.14. The summed E-state index contributed by atoms with van der Waals surface area (Å²) >= 11 is 0. The van der Waals surface area contributed by atoms with Crippen LogP contribution in [0.1, 0.15) is 17.2 Å². The number of rotatable bonds is 2. The molecule has 20 heavy (non-hydrogen) atoms. The van der Waals surface area contributed by atoms with Crippen LogP contribution in [0, 0.1) is 11.6 Å². The van der Waals surface area contributed by atoms with E-state index < -0.39 is 17.7 Å². The zero-order chi connectivity index (χ0) is 14.1. The first-order chi connectivity index (χ1) is 9.66. The summed E-state index contributed by atoms with van der Waals surface area (Å²) < 4.78 is 26.3. The van der Waals surface area contributed by atoms with Crippen LogP contribution >= 0.6 is 0 Å². The molecule has 0 aliphatic heterocycles. The van der Waals surface area contributed by atoms with Crippen LogP contribution < -0.4 is 5.73 Å². The quantitative estimate of drug-likeness (QED) is 0.773. The maximum atomic E-state index is 13.3. The van der Waals surface area contributed by atoms with E-state index >= 15 is 0 Å². The Morgan fingerprint density at radius 2 is 1.75 bits per heavy atom. The van der Waals surface area contributed by atoms with E-state index in [1.165, 1.54) is 6.07 Å². The third-order valence-electron chi connectivity index (χ3n) is 3.30. The molecule has 1 atom stereocenters. The van der Waals surface area contributed by atoms with E-state index in [9.17, 15) is 8.78 Å². The fraction of sp³-hybridized carbons (Fsp3) is 0.0625. The van der Waals surface area contributed by atoms with Crippen molar-refractivity contribution in [1.82, 2.24) is 4.98 Å². The Morgan fingerprint density at radius 1 is 0.950 bits per heavy atom. The second kappa shape index (κ2) is 4.98. The van der Waals surface area contributed by atoms with Gasteiger partial charge in [-0.25, -0.2) is 8.78 Å². The average Bonchev–Trinajstić information content (AvgIpc) is 2.49. The topological polar surface area (TPSA) is 38.9 Å². The molecule has 2 N–H and O–H groups in total. The number of halogens is 2. The minimum Gasteiger partial charge on any atom is -0.320 e. The summed E-state index contributed by atoms with van der Waals surface area (Å²) in [6.45, 7) is 0. The molecule has 0 spiro atoms. The number of hydrogen-bond acceptors (Lipinski definition) is 2. The van der Waals surface area contributed by atoms with Crippen LogP contribution in [-0.4, -0.2) is 4.98 Å². The number of pyridine rings is 1. The van der Waals surface area contributed by atoms with Gasteiger partial charge in [-0.2, -0.15) is 0 Å². The molecule has 2 aromatic carbocycles. The summed E-state index contributed by atoms with van der Waals surface area (Å²) in [7, 11) is 0. The Balaban J connectivity index is 2.12. The van der Waals surface area contributed by atoms with Gasteiger partial charge in [-0.05, 0) is 29.3 Å². The smallest absolute Gasteiger partial charge is 0.159 e. The zero-order valence-electron chi connectivity index (χ0n) is 10.6. The highest BCUT2D eigenvalue weighted by Crippen LogP contribution is 2.26. The summed E-state index contributed by atoms with van der Waals surface area (Å²) in [5.74, 6) is -1.77. The van der Waals surface area contributed by atoms with Crippen LogP contribution in [0.3, 0.4) is 0 Å². The normalized spacial score (nSPS) is 12.6. The van der Waals surface area contributed by atoms with Gasteiger partial charge in [-0.15, -0.1) is 0 Å². The summed E-state index contributed by atoms with van der Waals surface area (Å²) in [4.78, 5) is 4.32. The average molecular weight is 270 g/mol. The molecule has 4 heteroatoms. The number of fused-ring (bicyclic) bond motifs is 1. The number of aromatic nitrogens is 1. The van der Waals surface area contributed by atoms with Crippen LogP contribution in [0.5, 0.6) is 0 Å². The first-order valence-corrected chi connectivity index (χ1v) is 6.21. The largest absolute Gasteiger partial charge is 0.320 e. The lowest BCUT2D eigenvalue weighted by molar-refractivity contribution is 0.506. The predicted octanol–water partition coefficient (Wildman–Crippen LogP) is 3.56. The van der Waals surface area contributed by atoms with Crippen LogP contribution in [-0.2, 0) is 0 Å². The third-order valence-corrected chi connectivity index (χ3v) is 3.30. The zero-order valence-corrected chi connectivity index (χ0v) is 10.6. The predicted molar refractivity (Wildman–Crippen MR) is 74.1 cm³/mol. The van der Waals surface area contributed by atoms with E-state index in [2.05, 4.69) is 4.98 Å². The molecule has 0 saturated carbocycles. The van der Waals surface area contributed by atoms with Crippen molar-refractivity contribution in [2.45, 2.75) is 6.04 Å². The molecule has 0 bridgehead atoms. The molecule has 1 heterocycles. The molecule has 0 amide bonds. The number of benzene rings is 2. The third kappa shape index (κ3) is 2.14. The SMILES string of the molecule is NC(c1ccc(F)c(F)c1)c1cccc2cccnc12. The second-order valence-corrected chi connectivity index (χ2v) is 4.57. The Hall–Kier alpha value is -2.33. The van der Waals surface area contributed by atoms with Crippen molar-refractivity contribution < 1.29 is 8.78 Å². The number of nitrogens with two attached hydrogens (primary N) is 1. The van der Waals surface area contributed by atoms with E-state index in [1.54, 1.807) is 6.20 Å². The molecule has 0 aliphatic rings. The highest BCUT2D eigenvalue weighted by molar-refractivity contribution is 5.82. The summed E-state index contributed by atoms with van der Waals surface area (Å²) in [5.41, 5.74) is 8.24. The van der Waals surface area contributed by atoms with E-state index in [-0.39, 0.29) is 0 Å². The molecule has 100 valence electrons. The summed E-state index contributed by atoms with van der Waals surface area (Å²) in [6.07, 6.45) is 1.68. The Morgan fingerprint density at radius 3 is 2.55 bits per heavy atom. The maximum Gasteiger partial charge on any atom is 0.159 e. The molecule has 3 aromatic rings. The highest BCUT2D eigenvalue weighted by Gasteiger charge is 2.14. The van der Waals surface area contributed by atoms with Gasteiger partial charge in [-0.3, -0.25) is 4.98 Å². The highest BCUT2D eigenvalue weighted by atomic mass is 19.2. The van der Waals surface area contributed by atoms with Gasteiger partial charge in [0.1, 0.15) is 0 Å². The Labute approximate surface area is 114 Å². The van der Waals surface area contributed by atoms with Gasteiger partial charge in [0.2, 0.25) is 0 Å². The number of para-hydroxylation sites is 1. The molecule has 0 saturated heterocycles. The molecule has 0 radical (unpaired) electrons. The van der Waals surface area contributed by atoms with E-state index in [0.717, 1.165) is 28.6 Å². The van der Waals surface area contributed by atoms with Crippen molar-refractivity contribution in [3.63, 3.8) is 0 Å². The fourth-order valence-electron chi connectivity index (χ4n) is 2.26. The number of nitrogens with zero attached hydrogens (tertiary/aromatic N) is 1. The molecule has 1 aromatic heterocycles. The van der Waals surface area contributed by atoms with E-state index in [4.69, 9.17) is 5.73 Å². The minimum atomic E-state index is -0.897. The van der Waals surface area contributed by atoms with Gasteiger partial charge in [-0.1, -0.05) is 30.3 Å². The standard InChI is InChI=1S/C16H12F2N2/c17-13-7-6-11(9-14(13)18)15(19)12-5-1-3-10-4-2-8-20-16(10)12/h1-9,15H,19H2.